The number of aliphatic hydroxyl groups is 1. The van der Waals surface area contributed by atoms with E-state index in [4.69, 9.17) is 5.73 Å². The molecule has 1 heterocycles. The molecule has 90 valence electrons. The number of hydrogen-bond donors (Lipinski definition) is 3. The second-order valence-corrected chi connectivity index (χ2v) is 5.11. The van der Waals surface area contributed by atoms with Crippen LogP contribution in [0.1, 0.15) is 26.7 Å². The van der Waals surface area contributed by atoms with Crippen molar-refractivity contribution in [3.05, 3.63) is 16.7 Å². The summed E-state index contributed by atoms with van der Waals surface area (Å²) in [4.78, 5) is 4.15. The lowest BCUT2D eigenvalue weighted by molar-refractivity contribution is 0.0636. The fourth-order valence-corrected chi connectivity index (χ4v) is 1.85. The number of hydrogen-bond acceptors (Lipinski definition) is 4. The first-order valence-electron chi connectivity index (χ1n) is 5.32. The predicted octanol–water partition coefficient (Wildman–Crippen LogP) is 2.39. The maximum absolute atomic E-state index is 9.98. The normalized spacial score (nSPS) is 14.5. The van der Waals surface area contributed by atoms with Crippen LogP contribution in [0.3, 0.4) is 0 Å². The first kappa shape index (κ1) is 13.3. The Morgan fingerprint density at radius 1 is 1.62 bits per heavy atom. The van der Waals surface area contributed by atoms with E-state index >= 15 is 0 Å². The average Bonchev–Trinajstić information content (AvgIpc) is 2.16. The molecule has 0 saturated heterocycles. The molecule has 1 aromatic heterocycles. The minimum absolute atomic E-state index is 0.444. The summed E-state index contributed by atoms with van der Waals surface area (Å²) >= 11 is 3.29. The summed E-state index contributed by atoms with van der Waals surface area (Å²) in [5, 5.41) is 13.0. The quantitative estimate of drug-likeness (QED) is 0.778. The Hall–Kier alpha value is -0.810. The van der Waals surface area contributed by atoms with Gasteiger partial charge < -0.3 is 16.2 Å². The van der Waals surface area contributed by atoms with Gasteiger partial charge in [0.2, 0.25) is 0 Å². The smallest absolute Gasteiger partial charge is 0.149 e. The Labute approximate surface area is 104 Å². The monoisotopic (exact) mass is 287 g/mol. The van der Waals surface area contributed by atoms with Gasteiger partial charge in [-0.1, -0.05) is 13.3 Å². The fourth-order valence-electron chi connectivity index (χ4n) is 1.50. The second kappa shape index (κ2) is 5.50. The van der Waals surface area contributed by atoms with Crippen molar-refractivity contribution in [2.45, 2.75) is 32.3 Å². The summed E-state index contributed by atoms with van der Waals surface area (Å²) in [5.74, 6) is 0.611. The minimum Gasteiger partial charge on any atom is -0.396 e. The molecule has 4 N–H and O–H groups in total. The van der Waals surface area contributed by atoms with Crippen LogP contribution in [0.4, 0.5) is 11.5 Å². The van der Waals surface area contributed by atoms with Gasteiger partial charge in [0, 0.05) is 17.2 Å². The average molecular weight is 288 g/mol. The first-order chi connectivity index (χ1) is 7.44. The van der Waals surface area contributed by atoms with Crippen LogP contribution < -0.4 is 11.1 Å². The Kier molecular flexibility index (Phi) is 4.56. The maximum atomic E-state index is 9.98. The molecule has 4 nitrogen and oxygen atoms in total. The standard InChI is InChI=1S/C11H18BrN3O/c1-3-4-11(2,16)7-15-10-9(13)5-8(12)6-14-10/h5-6,16H,3-4,7,13H2,1-2H3,(H,14,15). The lowest BCUT2D eigenvalue weighted by Crippen LogP contribution is -2.33. The van der Waals surface area contributed by atoms with Crippen LogP contribution in [-0.4, -0.2) is 22.2 Å². The van der Waals surface area contributed by atoms with Gasteiger partial charge in [-0.25, -0.2) is 4.98 Å². The molecule has 1 rings (SSSR count). The molecule has 0 aliphatic rings. The molecule has 16 heavy (non-hydrogen) atoms. The molecule has 1 aromatic rings. The van der Waals surface area contributed by atoms with Gasteiger partial charge in [0.15, 0.2) is 0 Å². The highest BCUT2D eigenvalue weighted by Gasteiger charge is 2.19. The highest BCUT2D eigenvalue weighted by molar-refractivity contribution is 9.10. The topological polar surface area (TPSA) is 71.2 Å². The van der Waals surface area contributed by atoms with Gasteiger partial charge in [-0.2, -0.15) is 0 Å². The van der Waals surface area contributed by atoms with E-state index in [2.05, 4.69) is 26.2 Å². The number of rotatable bonds is 5. The first-order valence-corrected chi connectivity index (χ1v) is 6.11. The highest BCUT2D eigenvalue weighted by Crippen LogP contribution is 2.21. The van der Waals surface area contributed by atoms with Crippen molar-refractivity contribution in [3.63, 3.8) is 0 Å². The molecule has 0 radical (unpaired) electrons. The number of pyridine rings is 1. The van der Waals surface area contributed by atoms with Crippen molar-refractivity contribution in [3.8, 4) is 0 Å². The van der Waals surface area contributed by atoms with Crippen LogP contribution in [-0.2, 0) is 0 Å². The molecule has 0 bridgehead atoms. The van der Waals surface area contributed by atoms with Crippen molar-refractivity contribution < 1.29 is 5.11 Å². The van der Waals surface area contributed by atoms with Crippen molar-refractivity contribution in [2.75, 3.05) is 17.6 Å². The van der Waals surface area contributed by atoms with E-state index in [1.807, 2.05) is 6.92 Å². The van der Waals surface area contributed by atoms with Crippen LogP contribution in [0.15, 0.2) is 16.7 Å². The zero-order chi connectivity index (χ0) is 12.2. The number of nitrogen functional groups attached to an aromatic ring is 1. The third-order valence-electron chi connectivity index (χ3n) is 2.31. The van der Waals surface area contributed by atoms with E-state index in [1.54, 1.807) is 19.2 Å². The maximum Gasteiger partial charge on any atom is 0.149 e. The number of aromatic nitrogens is 1. The highest BCUT2D eigenvalue weighted by atomic mass is 79.9. The lowest BCUT2D eigenvalue weighted by atomic mass is 10.0. The van der Waals surface area contributed by atoms with Gasteiger partial charge in [-0.3, -0.25) is 0 Å². The second-order valence-electron chi connectivity index (χ2n) is 4.19. The van der Waals surface area contributed by atoms with Gasteiger partial charge >= 0.3 is 0 Å². The van der Waals surface area contributed by atoms with Gasteiger partial charge in [-0.15, -0.1) is 0 Å². The summed E-state index contributed by atoms with van der Waals surface area (Å²) in [6.45, 7) is 4.29. The number of anilines is 2. The zero-order valence-corrected chi connectivity index (χ0v) is 11.2. The molecular weight excluding hydrogens is 270 g/mol. The molecular formula is C11H18BrN3O. The Bertz CT molecular complexity index is 355. The van der Waals surface area contributed by atoms with Crippen molar-refractivity contribution in [2.24, 2.45) is 0 Å². The molecule has 0 amide bonds. The third kappa shape index (κ3) is 3.98. The molecule has 0 spiro atoms. The van der Waals surface area contributed by atoms with E-state index in [9.17, 15) is 5.11 Å². The summed E-state index contributed by atoms with van der Waals surface area (Å²) < 4.78 is 0.843. The third-order valence-corrected chi connectivity index (χ3v) is 2.74. The van der Waals surface area contributed by atoms with Gasteiger partial charge in [-0.05, 0) is 35.3 Å². The molecule has 0 saturated carbocycles. The van der Waals surface area contributed by atoms with Crippen LogP contribution in [0.2, 0.25) is 0 Å². The van der Waals surface area contributed by atoms with Crippen molar-refractivity contribution in [1.29, 1.82) is 0 Å². The summed E-state index contributed by atoms with van der Waals surface area (Å²) in [7, 11) is 0. The Morgan fingerprint density at radius 3 is 2.88 bits per heavy atom. The number of halogens is 1. The van der Waals surface area contributed by atoms with Crippen LogP contribution >= 0.6 is 15.9 Å². The van der Waals surface area contributed by atoms with E-state index in [1.165, 1.54) is 0 Å². The van der Waals surface area contributed by atoms with E-state index in [0.717, 1.165) is 17.3 Å². The van der Waals surface area contributed by atoms with E-state index in [-0.39, 0.29) is 0 Å². The van der Waals surface area contributed by atoms with Crippen molar-refractivity contribution >= 4 is 27.4 Å². The molecule has 0 aliphatic carbocycles. The molecule has 5 heteroatoms. The Balaban J connectivity index is 2.61. The summed E-state index contributed by atoms with van der Waals surface area (Å²) in [6.07, 6.45) is 3.36. The van der Waals surface area contributed by atoms with E-state index in [0.29, 0.717) is 18.1 Å². The van der Waals surface area contributed by atoms with Gasteiger partial charge in [0.1, 0.15) is 5.82 Å². The predicted molar refractivity (Wildman–Crippen MR) is 70.4 cm³/mol. The molecule has 1 unspecified atom stereocenters. The lowest BCUT2D eigenvalue weighted by Gasteiger charge is -2.23. The van der Waals surface area contributed by atoms with Crippen molar-refractivity contribution in [1.82, 2.24) is 4.98 Å². The van der Waals surface area contributed by atoms with Crippen LogP contribution in [0.5, 0.6) is 0 Å². The fraction of sp³-hybridized carbons (Fsp3) is 0.545. The summed E-state index contributed by atoms with van der Waals surface area (Å²) in [6, 6.07) is 1.78. The molecule has 1 atom stereocenters. The molecule has 0 aliphatic heterocycles. The van der Waals surface area contributed by atoms with Gasteiger partial charge in [0.25, 0.3) is 0 Å². The van der Waals surface area contributed by atoms with E-state index < -0.39 is 5.60 Å². The van der Waals surface area contributed by atoms with Gasteiger partial charge in [0.05, 0.1) is 11.3 Å². The largest absolute Gasteiger partial charge is 0.396 e. The zero-order valence-electron chi connectivity index (χ0n) is 9.63. The van der Waals surface area contributed by atoms with Crippen LogP contribution in [0, 0.1) is 0 Å². The number of nitrogens with one attached hydrogen (secondary N) is 1. The van der Waals surface area contributed by atoms with Crippen LogP contribution in [0.25, 0.3) is 0 Å². The SMILES string of the molecule is CCCC(C)(O)CNc1ncc(Br)cc1N. The number of nitrogens with zero attached hydrogens (tertiary/aromatic N) is 1. The molecule has 0 fully saturated rings. The molecule has 0 aromatic carbocycles. The minimum atomic E-state index is -0.726. The summed E-state index contributed by atoms with van der Waals surface area (Å²) in [5.41, 5.74) is 5.63. The Morgan fingerprint density at radius 2 is 2.31 bits per heavy atom. The number of nitrogens with two attached hydrogens (primary N) is 1.